The molecule has 90 valence electrons. The molecule has 4 atom stereocenters. The summed E-state index contributed by atoms with van der Waals surface area (Å²) in [4.78, 5) is 23.1. The van der Waals surface area contributed by atoms with Crippen LogP contribution in [0.4, 0.5) is 0 Å². The van der Waals surface area contributed by atoms with Crippen molar-refractivity contribution in [1.82, 2.24) is 5.32 Å². The van der Waals surface area contributed by atoms with Crippen molar-refractivity contribution in [1.29, 1.82) is 0 Å². The standard InChI is InChI=1S/C10H15NO5/c1-4(2)6(12)10-7(16-9(10)14)5(15-3)8(13)11-10/h4-7,12H,1-3H3,(H,11,13). The first-order valence-electron chi connectivity index (χ1n) is 5.19. The summed E-state index contributed by atoms with van der Waals surface area (Å²) < 4.78 is 9.86. The largest absolute Gasteiger partial charge is 0.454 e. The van der Waals surface area contributed by atoms with Gasteiger partial charge in [-0.2, -0.15) is 0 Å². The summed E-state index contributed by atoms with van der Waals surface area (Å²) in [5, 5.41) is 12.5. The Kier molecular flexibility index (Phi) is 2.43. The van der Waals surface area contributed by atoms with E-state index in [1.165, 1.54) is 7.11 Å². The van der Waals surface area contributed by atoms with Gasteiger partial charge in [0, 0.05) is 7.11 Å². The quantitative estimate of drug-likeness (QED) is 0.594. The van der Waals surface area contributed by atoms with Crippen LogP contribution in [0.25, 0.3) is 0 Å². The molecule has 2 aliphatic rings. The van der Waals surface area contributed by atoms with E-state index in [2.05, 4.69) is 5.32 Å². The minimum atomic E-state index is -1.31. The molecule has 0 saturated carbocycles. The number of carbonyl (C=O) groups excluding carboxylic acids is 2. The summed E-state index contributed by atoms with van der Waals surface area (Å²) >= 11 is 0. The minimum Gasteiger partial charge on any atom is -0.454 e. The summed E-state index contributed by atoms with van der Waals surface area (Å²) in [5.74, 6) is -1.17. The number of aliphatic hydroxyl groups excluding tert-OH is 1. The van der Waals surface area contributed by atoms with E-state index in [4.69, 9.17) is 9.47 Å². The topological polar surface area (TPSA) is 84.9 Å². The number of aliphatic hydroxyl groups is 1. The minimum absolute atomic E-state index is 0.161. The van der Waals surface area contributed by atoms with Gasteiger partial charge in [0.1, 0.15) is 0 Å². The first kappa shape index (κ1) is 11.3. The predicted octanol–water partition coefficient (Wildman–Crippen LogP) is -1.19. The zero-order chi connectivity index (χ0) is 12.1. The van der Waals surface area contributed by atoms with Gasteiger partial charge >= 0.3 is 5.97 Å². The molecule has 16 heavy (non-hydrogen) atoms. The molecule has 0 aromatic carbocycles. The summed E-state index contributed by atoms with van der Waals surface area (Å²) in [7, 11) is 1.37. The van der Waals surface area contributed by atoms with Gasteiger partial charge < -0.3 is 19.9 Å². The molecule has 0 aromatic rings. The van der Waals surface area contributed by atoms with Crippen LogP contribution in [0.5, 0.6) is 0 Å². The molecule has 0 aliphatic carbocycles. The molecule has 0 bridgehead atoms. The summed E-state index contributed by atoms with van der Waals surface area (Å²) in [6.07, 6.45) is -2.52. The molecule has 6 nitrogen and oxygen atoms in total. The highest BCUT2D eigenvalue weighted by Gasteiger charge is 2.72. The Morgan fingerprint density at radius 1 is 1.50 bits per heavy atom. The lowest BCUT2D eigenvalue weighted by Gasteiger charge is -2.46. The van der Waals surface area contributed by atoms with E-state index in [1.807, 2.05) is 0 Å². The Morgan fingerprint density at radius 2 is 2.12 bits per heavy atom. The van der Waals surface area contributed by atoms with E-state index in [0.29, 0.717) is 0 Å². The number of methoxy groups -OCH3 is 1. The first-order valence-corrected chi connectivity index (χ1v) is 5.19. The van der Waals surface area contributed by atoms with Gasteiger partial charge in [0.25, 0.3) is 5.91 Å². The van der Waals surface area contributed by atoms with Crippen LogP contribution in [0, 0.1) is 5.92 Å². The van der Waals surface area contributed by atoms with Crippen LogP contribution in [0.2, 0.25) is 0 Å². The van der Waals surface area contributed by atoms with Gasteiger partial charge in [-0.05, 0) is 5.92 Å². The molecule has 0 radical (unpaired) electrons. The second-order valence-corrected chi connectivity index (χ2v) is 4.53. The first-order chi connectivity index (χ1) is 7.45. The van der Waals surface area contributed by atoms with E-state index in [0.717, 1.165) is 0 Å². The van der Waals surface area contributed by atoms with Crippen LogP contribution in [0.15, 0.2) is 0 Å². The Bertz CT molecular complexity index is 342. The summed E-state index contributed by atoms with van der Waals surface area (Å²) in [6.45, 7) is 3.54. The number of amides is 1. The average molecular weight is 229 g/mol. The molecule has 6 heteroatoms. The Hall–Kier alpha value is -1.14. The monoisotopic (exact) mass is 229 g/mol. The van der Waals surface area contributed by atoms with Crippen molar-refractivity contribution >= 4 is 11.9 Å². The lowest BCUT2D eigenvalue weighted by atomic mass is 9.78. The number of nitrogens with one attached hydrogen (secondary N) is 1. The fourth-order valence-corrected chi connectivity index (χ4v) is 2.32. The van der Waals surface area contributed by atoms with Gasteiger partial charge in [-0.1, -0.05) is 13.8 Å². The van der Waals surface area contributed by atoms with Crippen molar-refractivity contribution < 1.29 is 24.2 Å². The molecule has 0 aromatic heterocycles. The lowest BCUT2D eigenvalue weighted by molar-refractivity contribution is -0.213. The highest BCUT2D eigenvalue weighted by molar-refractivity contribution is 6.01. The zero-order valence-corrected chi connectivity index (χ0v) is 9.39. The third-order valence-corrected chi connectivity index (χ3v) is 3.24. The van der Waals surface area contributed by atoms with Crippen molar-refractivity contribution in [2.24, 2.45) is 5.92 Å². The number of ether oxygens (including phenoxy) is 2. The van der Waals surface area contributed by atoms with Gasteiger partial charge in [-0.3, -0.25) is 4.79 Å². The van der Waals surface area contributed by atoms with Crippen LogP contribution >= 0.6 is 0 Å². The molecular formula is C10H15NO5. The second kappa shape index (κ2) is 3.43. The molecule has 2 fully saturated rings. The average Bonchev–Trinajstić information content (AvgIpc) is 2.46. The number of rotatable bonds is 3. The molecule has 0 spiro atoms. The van der Waals surface area contributed by atoms with Crippen molar-refractivity contribution in [3.05, 3.63) is 0 Å². The summed E-state index contributed by atoms with van der Waals surface area (Å²) in [6, 6.07) is 0. The number of esters is 1. The molecular weight excluding hydrogens is 214 g/mol. The number of carbonyl (C=O) groups is 2. The van der Waals surface area contributed by atoms with Crippen LogP contribution in [-0.2, 0) is 19.1 Å². The van der Waals surface area contributed by atoms with Gasteiger partial charge in [0.2, 0.25) is 5.54 Å². The third-order valence-electron chi connectivity index (χ3n) is 3.24. The Balaban J connectivity index is 2.32. The normalized spacial score (nSPS) is 38.8. The van der Waals surface area contributed by atoms with Crippen molar-refractivity contribution in [3.8, 4) is 0 Å². The summed E-state index contributed by atoms with van der Waals surface area (Å²) in [5.41, 5.74) is -1.31. The van der Waals surface area contributed by atoms with Gasteiger partial charge in [0.15, 0.2) is 12.2 Å². The van der Waals surface area contributed by atoms with Gasteiger partial charge in [0.05, 0.1) is 6.10 Å². The van der Waals surface area contributed by atoms with E-state index >= 15 is 0 Å². The lowest BCUT2D eigenvalue weighted by Crippen LogP contribution is -2.74. The molecule has 2 N–H and O–H groups in total. The molecule has 2 heterocycles. The maximum absolute atomic E-state index is 11.6. The Labute approximate surface area is 92.9 Å². The van der Waals surface area contributed by atoms with Gasteiger partial charge in [-0.25, -0.2) is 4.79 Å². The number of hydrogen-bond acceptors (Lipinski definition) is 5. The smallest absolute Gasteiger partial charge is 0.339 e. The molecule has 2 aliphatic heterocycles. The van der Waals surface area contributed by atoms with Crippen molar-refractivity contribution in [2.75, 3.05) is 7.11 Å². The van der Waals surface area contributed by atoms with Gasteiger partial charge in [-0.15, -0.1) is 0 Å². The highest BCUT2D eigenvalue weighted by Crippen LogP contribution is 2.40. The highest BCUT2D eigenvalue weighted by atomic mass is 16.6. The molecule has 4 unspecified atom stereocenters. The van der Waals surface area contributed by atoms with Crippen LogP contribution in [-0.4, -0.2) is 47.9 Å². The predicted molar refractivity (Wildman–Crippen MR) is 52.4 cm³/mol. The van der Waals surface area contributed by atoms with E-state index in [9.17, 15) is 14.7 Å². The van der Waals surface area contributed by atoms with Crippen LogP contribution in [0.1, 0.15) is 13.8 Å². The SMILES string of the molecule is COC1C(=O)NC2(C(O)C(C)C)C(=O)OC12. The van der Waals surface area contributed by atoms with E-state index < -0.39 is 35.7 Å². The molecule has 2 rings (SSSR count). The van der Waals surface area contributed by atoms with Crippen LogP contribution in [0.3, 0.4) is 0 Å². The Morgan fingerprint density at radius 3 is 2.56 bits per heavy atom. The zero-order valence-electron chi connectivity index (χ0n) is 9.39. The number of fused-ring (bicyclic) bond motifs is 1. The van der Waals surface area contributed by atoms with E-state index in [1.54, 1.807) is 13.8 Å². The van der Waals surface area contributed by atoms with Crippen LogP contribution < -0.4 is 5.32 Å². The molecule has 2 saturated heterocycles. The van der Waals surface area contributed by atoms with Crippen molar-refractivity contribution in [2.45, 2.75) is 37.7 Å². The fourth-order valence-electron chi connectivity index (χ4n) is 2.32. The number of hydrogen-bond donors (Lipinski definition) is 2. The van der Waals surface area contributed by atoms with E-state index in [-0.39, 0.29) is 5.92 Å². The maximum Gasteiger partial charge on any atom is 0.339 e. The van der Waals surface area contributed by atoms with Crippen molar-refractivity contribution in [3.63, 3.8) is 0 Å². The molecule has 1 amide bonds. The third kappa shape index (κ3) is 1.14. The second-order valence-electron chi connectivity index (χ2n) is 4.53. The maximum atomic E-state index is 11.6. The fraction of sp³-hybridized carbons (Fsp3) is 0.800.